The molecule has 7 heteroatoms. The summed E-state index contributed by atoms with van der Waals surface area (Å²) < 4.78 is 6.92. The van der Waals surface area contributed by atoms with Crippen LogP contribution in [0.3, 0.4) is 0 Å². The first-order chi connectivity index (χ1) is 13.7. The monoisotopic (exact) mass is 369 g/mol. The molecule has 0 fully saturated rings. The molecule has 0 spiro atoms. The maximum atomic E-state index is 9.47. The van der Waals surface area contributed by atoms with Gasteiger partial charge in [0.1, 0.15) is 25.0 Å². The van der Waals surface area contributed by atoms with Gasteiger partial charge in [-0.05, 0) is 42.5 Å². The Labute approximate surface area is 160 Å². The zero-order chi connectivity index (χ0) is 19.7. The summed E-state index contributed by atoms with van der Waals surface area (Å²) in [5, 5.41) is 26.7. The number of H-pyrrole nitrogens is 1. The van der Waals surface area contributed by atoms with E-state index in [1.807, 2.05) is 30.3 Å². The number of fused-ring (bicyclic) bond motifs is 1. The third kappa shape index (κ3) is 2.54. The van der Waals surface area contributed by atoms with Crippen LogP contribution in [-0.4, -0.2) is 29.1 Å². The van der Waals surface area contributed by atoms with Crippen LogP contribution in [0.25, 0.3) is 33.4 Å². The number of rotatable bonds is 4. The molecule has 0 aliphatic rings. The largest absolute Gasteiger partial charge is 0.497 e. The Hall–Kier alpha value is -4.23. The Morgan fingerprint density at radius 2 is 1.71 bits per heavy atom. The van der Waals surface area contributed by atoms with Gasteiger partial charge in [0.05, 0.1) is 35.1 Å². The summed E-state index contributed by atoms with van der Waals surface area (Å²) in [6.07, 6.45) is 1.66. The average molecular weight is 369 g/mol. The standard InChI is InChI=1S/C21H15N5O2/c1-27-16-5-3-13(4-6-16)21-20(18-7-8-24-25-18)17-9-14(11-22)15(12-23)10-19(17)26(21)28-2/h3-10H,1-2H3,(H,24,25). The highest BCUT2D eigenvalue weighted by molar-refractivity contribution is 6.04. The van der Waals surface area contributed by atoms with E-state index < -0.39 is 0 Å². The zero-order valence-corrected chi connectivity index (χ0v) is 15.2. The van der Waals surface area contributed by atoms with Gasteiger partial charge < -0.3 is 9.57 Å². The van der Waals surface area contributed by atoms with E-state index in [2.05, 4.69) is 22.3 Å². The van der Waals surface area contributed by atoms with Gasteiger partial charge in [-0.3, -0.25) is 5.10 Å². The number of aromatic amines is 1. The number of nitriles is 2. The molecule has 7 nitrogen and oxygen atoms in total. The van der Waals surface area contributed by atoms with Crippen molar-refractivity contribution in [3.63, 3.8) is 0 Å². The Balaban J connectivity index is 2.14. The van der Waals surface area contributed by atoms with Crippen LogP contribution in [0.15, 0.2) is 48.7 Å². The normalized spacial score (nSPS) is 10.4. The third-order valence-electron chi connectivity index (χ3n) is 4.62. The van der Waals surface area contributed by atoms with Crippen molar-refractivity contribution >= 4 is 10.9 Å². The van der Waals surface area contributed by atoms with Gasteiger partial charge in [0.25, 0.3) is 0 Å². The fraction of sp³-hybridized carbons (Fsp3) is 0.0952. The minimum Gasteiger partial charge on any atom is -0.497 e. The van der Waals surface area contributed by atoms with Gasteiger partial charge in [0, 0.05) is 22.7 Å². The summed E-state index contributed by atoms with van der Waals surface area (Å²) in [5.74, 6) is 0.741. The summed E-state index contributed by atoms with van der Waals surface area (Å²) in [6, 6.07) is 17.0. The molecule has 0 aliphatic carbocycles. The molecule has 0 radical (unpaired) electrons. The highest BCUT2D eigenvalue weighted by atomic mass is 16.6. The molecule has 136 valence electrons. The van der Waals surface area contributed by atoms with Gasteiger partial charge >= 0.3 is 0 Å². The van der Waals surface area contributed by atoms with Crippen LogP contribution in [0.4, 0.5) is 0 Å². The van der Waals surface area contributed by atoms with Gasteiger partial charge in [0.15, 0.2) is 0 Å². The van der Waals surface area contributed by atoms with Crippen molar-refractivity contribution in [2.45, 2.75) is 0 Å². The fourth-order valence-corrected chi connectivity index (χ4v) is 3.36. The van der Waals surface area contributed by atoms with Gasteiger partial charge in [-0.25, -0.2) is 0 Å². The SMILES string of the molecule is COc1ccc(-c2c(-c3ccn[nH]3)c3cc(C#N)c(C#N)cc3n2OC)cc1. The quantitative estimate of drug-likeness (QED) is 0.593. The van der Waals surface area contributed by atoms with Crippen molar-refractivity contribution in [2.24, 2.45) is 0 Å². The van der Waals surface area contributed by atoms with Crippen molar-refractivity contribution in [3.05, 3.63) is 59.8 Å². The Morgan fingerprint density at radius 1 is 1.00 bits per heavy atom. The predicted octanol–water partition coefficient (Wildman–Crippen LogP) is 3.51. The molecule has 0 bridgehead atoms. The molecule has 0 saturated heterocycles. The molecule has 2 heterocycles. The van der Waals surface area contributed by atoms with E-state index >= 15 is 0 Å². The lowest BCUT2D eigenvalue weighted by atomic mass is 10.00. The van der Waals surface area contributed by atoms with E-state index in [4.69, 9.17) is 9.57 Å². The predicted molar refractivity (Wildman–Crippen MR) is 103 cm³/mol. The van der Waals surface area contributed by atoms with E-state index in [0.717, 1.165) is 33.7 Å². The van der Waals surface area contributed by atoms with E-state index in [1.54, 1.807) is 37.3 Å². The molecule has 2 aromatic carbocycles. The lowest BCUT2D eigenvalue weighted by molar-refractivity contribution is 0.183. The van der Waals surface area contributed by atoms with Crippen LogP contribution >= 0.6 is 0 Å². The first-order valence-corrected chi connectivity index (χ1v) is 8.43. The van der Waals surface area contributed by atoms with Crippen LogP contribution in [0.1, 0.15) is 11.1 Å². The van der Waals surface area contributed by atoms with E-state index in [0.29, 0.717) is 16.6 Å². The van der Waals surface area contributed by atoms with Crippen molar-refractivity contribution in [1.82, 2.24) is 14.9 Å². The molecule has 4 rings (SSSR count). The second-order valence-electron chi connectivity index (χ2n) is 6.04. The second-order valence-corrected chi connectivity index (χ2v) is 6.04. The van der Waals surface area contributed by atoms with E-state index in [1.165, 1.54) is 0 Å². The number of nitrogens with one attached hydrogen (secondary N) is 1. The van der Waals surface area contributed by atoms with Gasteiger partial charge in [0.2, 0.25) is 0 Å². The van der Waals surface area contributed by atoms with E-state index in [-0.39, 0.29) is 0 Å². The van der Waals surface area contributed by atoms with Crippen molar-refractivity contribution < 1.29 is 9.57 Å². The fourth-order valence-electron chi connectivity index (χ4n) is 3.36. The first-order valence-electron chi connectivity index (χ1n) is 8.43. The number of hydrogen-bond acceptors (Lipinski definition) is 5. The summed E-state index contributed by atoms with van der Waals surface area (Å²) in [6.45, 7) is 0. The maximum absolute atomic E-state index is 9.47. The first kappa shape index (κ1) is 17.2. The number of aromatic nitrogens is 3. The maximum Gasteiger partial charge on any atom is 0.118 e. The number of benzene rings is 2. The molecule has 0 aliphatic heterocycles. The third-order valence-corrected chi connectivity index (χ3v) is 4.62. The van der Waals surface area contributed by atoms with Gasteiger partial charge in [-0.2, -0.15) is 20.4 Å². The van der Waals surface area contributed by atoms with Gasteiger partial charge in [-0.1, -0.05) is 0 Å². The van der Waals surface area contributed by atoms with Gasteiger partial charge in [-0.15, -0.1) is 0 Å². The highest BCUT2D eigenvalue weighted by Crippen LogP contribution is 2.40. The highest BCUT2D eigenvalue weighted by Gasteiger charge is 2.23. The molecule has 0 amide bonds. The molecule has 1 N–H and O–H groups in total. The van der Waals surface area contributed by atoms with Crippen LogP contribution in [0, 0.1) is 22.7 Å². The second kappa shape index (κ2) is 6.82. The minimum atomic E-state index is 0.295. The summed E-state index contributed by atoms with van der Waals surface area (Å²) in [7, 11) is 3.18. The Bertz CT molecular complexity index is 1240. The van der Waals surface area contributed by atoms with Crippen molar-refractivity contribution in [2.75, 3.05) is 14.2 Å². The van der Waals surface area contributed by atoms with Crippen LogP contribution in [-0.2, 0) is 0 Å². The number of hydrogen-bond donors (Lipinski definition) is 1. The molecule has 2 aromatic heterocycles. The lowest BCUT2D eigenvalue weighted by Gasteiger charge is -2.11. The van der Waals surface area contributed by atoms with Crippen LogP contribution in [0.2, 0.25) is 0 Å². The Morgan fingerprint density at radius 3 is 2.29 bits per heavy atom. The molecular formula is C21H15N5O2. The number of ether oxygens (including phenoxy) is 1. The zero-order valence-electron chi connectivity index (χ0n) is 15.2. The number of nitrogens with zero attached hydrogens (tertiary/aromatic N) is 4. The Kier molecular flexibility index (Phi) is 4.19. The van der Waals surface area contributed by atoms with Crippen molar-refractivity contribution in [1.29, 1.82) is 10.5 Å². The summed E-state index contributed by atoms with van der Waals surface area (Å²) in [4.78, 5) is 5.68. The molecule has 0 unspecified atom stereocenters. The molecule has 28 heavy (non-hydrogen) atoms. The number of methoxy groups -OCH3 is 1. The average Bonchev–Trinajstić information content (AvgIpc) is 3.37. The van der Waals surface area contributed by atoms with Crippen molar-refractivity contribution in [3.8, 4) is 40.4 Å². The smallest absolute Gasteiger partial charge is 0.118 e. The van der Waals surface area contributed by atoms with E-state index in [9.17, 15) is 10.5 Å². The molecule has 0 atom stereocenters. The topological polar surface area (TPSA) is 99.6 Å². The van der Waals surface area contributed by atoms with Crippen LogP contribution < -0.4 is 9.57 Å². The lowest BCUT2D eigenvalue weighted by Crippen LogP contribution is -2.07. The molecule has 4 aromatic rings. The minimum absolute atomic E-state index is 0.295. The van der Waals surface area contributed by atoms with Crippen LogP contribution in [0.5, 0.6) is 5.75 Å². The molecular weight excluding hydrogens is 354 g/mol. The summed E-state index contributed by atoms with van der Waals surface area (Å²) in [5.41, 5.74) is 4.58. The summed E-state index contributed by atoms with van der Waals surface area (Å²) >= 11 is 0. The molecule has 0 saturated carbocycles.